The van der Waals surface area contributed by atoms with Crippen LogP contribution >= 0.6 is 23.2 Å². The molecule has 0 atom stereocenters. The van der Waals surface area contributed by atoms with Gasteiger partial charge >= 0.3 is 0 Å². The van der Waals surface area contributed by atoms with Crippen molar-refractivity contribution < 1.29 is 9.13 Å². The van der Waals surface area contributed by atoms with Crippen molar-refractivity contribution in [3.63, 3.8) is 0 Å². The topological polar surface area (TPSA) is 21.3 Å². The number of ether oxygens (including phenoxy) is 1. The highest BCUT2D eigenvalue weighted by atomic mass is 35.5. The van der Waals surface area contributed by atoms with E-state index in [0.717, 1.165) is 27.5 Å². The van der Waals surface area contributed by atoms with Crippen LogP contribution in [0.2, 0.25) is 10.0 Å². The molecular formula is C21H18Cl2FNO. The van der Waals surface area contributed by atoms with E-state index in [2.05, 4.69) is 5.32 Å². The summed E-state index contributed by atoms with van der Waals surface area (Å²) < 4.78 is 18.9. The third-order valence-electron chi connectivity index (χ3n) is 3.92. The molecule has 3 aromatic carbocycles. The first kappa shape index (κ1) is 18.7. The molecule has 0 saturated carbocycles. The number of hydrogen-bond donors (Lipinski definition) is 1. The Morgan fingerprint density at radius 2 is 1.58 bits per heavy atom. The highest BCUT2D eigenvalue weighted by Crippen LogP contribution is 2.24. The van der Waals surface area contributed by atoms with Crippen LogP contribution in [0.5, 0.6) is 5.75 Å². The Labute approximate surface area is 162 Å². The van der Waals surface area contributed by atoms with Gasteiger partial charge in [0.25, 0.3) is 0 Å². The first-order valence-corrected chi connectivity index (χ1v) is 8.97. The second-order valence-electron chi connectivity index (χ2n) is 5.86. The molecule has 3 rings (SSSR count). The standard InChI is InChI=1S/C21H18Cl2FNO/c22-18-7-10-21(26-14-15-5-8-19(24)9-6-15)17(11-18)13-25-12-16-3-1-2-4-20(16)23/h1-11,25H,12-14H2. The lowest BCUT2D eigenvalue weighted by Crippen LogP contribution is -2.14. The van der Waals surface area contributed by atoms with E-state index in [4.69, 9.17) is 27.9 Å². The minimum Gasteiger partial charge on any atom is -0.489 e. The van der Waals surface area contributed by atoms with Crippen LogP contribution in [0.4, 0.5) is 4.39 Å². The van der Waals surface area contributed by atoms with E-state index in [9.17, 15) is 4.39 Å². The van der Waals surface area contributed by atoms with E-state index in [0.29, 0.717) is 24.7 Å². The van der Waals surface area contributed by atoms with E-state index in [-0.39, 0.29) is 5.82 Å². The quantitative estimate of drug-likeness (QED) is 0.534. The lowest BCUT2D eigenvalue weighted by Gasteiger charge is -2.13. The van der Waals surface area contributed by atoms with Crippen LogP contribution in [0.15, 0.2) is 66.7 Å². The predicted octanol–water partition coefficient (Wildman–Crippen LogP) is 6.00. The van der Waals surface area contributed by atoms with Crippen LogP contribution in [0.1, 0.15) is 16.7 Å². The maximum atomic E-state index is 13.0. The van der Waals surface area contributed by atoms with Gasteiger partial charge in [0, 0.05) is 28.7 Å². The Morgan fingerprint density at radius 1 is 0.846 bits per heavy atom. The van der Waals surface area contributed by atoms with Gasteiger partial charge in [0.15, 0.2) is 0 Å². The summed E-state index contributed by atoms with van der Waals surface area (Å²) in [6, 6.07) is 19.5. The number of hydrogen-bond acceptors (Lipinski definition) is 2. The summed E-state index contributed by atoms with van der Waals surface area (Å²) in [6.45, 7) is 1.59. The minimum absolute atomic E-state index is 0.260. The van der Waals surface area contributed by atoms with E-state index in [1.54, 1.807) is 18.2 Å². The predicted molar refractivity (Wildman–Crippen MR) is 104 cm³/mol. The fourth-order valence-corrected chi connectivity index (χ4v) is 2.94. The van der Waals surface area contributed by atoms with Crippen molar-refractivity contribution in [1.82, 2.24) is 5.32 Å². The molecule has 0 unspecified atom stereocenters. The van der Waals surface area contributed by atoms with Crippen molar-refractivity contribution in [3.8, 4) is 5.75 Å². The third-order valence-corrected chi connectivity index (χ3v) is 4.52. The average Bonchev–Trinajstić information content (AvgIpc) is 2.64. The molecule has 0 saturated heterocycles. The first-order chi connectivity index (χ1) is 12.6. The summed E-state index contributed by atoms with van der Waals surface area (Å²) in [6.07, 6.45) is 0. The summed E-state index contributed by atoms with van der Waals surface area (Å²) in [5, 5.41) is 4.74. The van der Waals surface area contributed by atoms with Gasteiger partial charge in [-0.2, -0.15) is 0 Å². The van der Waals surface area contributed by atoms with Crippen LogP contribution in [0.25, 0.3) is 0 Å². The van der Waals surface area contributed by atoms with Crippen molar-refractivity contribution in [1.29, 1.82) is 0 Å². The van der Waals surface area contributed by atoms with Gasteiger partial charge in [0.05, 0.1) is 0 Å². The number of benzene rings is 3. The molecule has 0 radical (unpaired) electrons. The van der Waals surface area contributed by atoms with Gasteiger partial charge in [0.2, 0.25) is 0 Å². The molecular weight excluding hydrogens is 372 g/mol. The van der Waals surface area contributed by atoms with Crippen molar-refractivity contribution >= 4 is 23.2 Å². The second-order valence-corrected chi connectivity index (χ2v) is 6.71. The maximum Gasteiger partial charge on any atom is 0.124 e. The fourth-order valence-electron chi connectivity index (χ4n) is 2.54. The van der Waals surface area contributed by atoms with Crippen molar-refractivity contribution in [2.45, 2.75) is 19.7 Å². The molecule has 0 bridgehead atoms. The molecule has 1 N–H and O–H groups in total. The molecule has 5 heteroatoms. The van der Waals surface area contributed by atoms with E-state index in [1.165, 1.54) is 12.1 Å². The van der Waals surface area contributed by atoms with Gasteiger partial charge in [-0.15, -0.1) is 0 Å². The Bertz CT molecular complexity index is 868. The van der Waals surface area contributed by atoms with Crippen LogP contribution in [-0.4, -0.2) is 0 Å². The second kappa shape index (κ2) is 9.04. The molecule has 134 valence electrons. The SMILES string of the molecule is Fc1ccc(COc2ccc(Cl)cc2CNCc2ccccc2Cl)cc1. The molecule has 0 fully saturated rings. The molecule has 0 aliphatic rings. The summed E-state index contributed by atoms with van der Waals surface area (Å²) in [5.41, 5.74) is 2.88. The highest BCUT2D eigenvalue weighted by Gasteiger charge is 2.07. The molecule has 26 heavy (non-hydrogen) atoms. The number of nitrogens with one attached hydrogen (secondary N) is 1. The fraction of sp³-hybridized carbons (Fsp3) is 0.143. The molecule has 0 aliphatic carbocycles. The normalized spacial score (nSPS) is 10.7. The van der Waals surface area contributed by atoms with Crippen molar-refractivity contribution in [2.24, 2.45) is 0 Å². The lowest BCUT2D eigenvalue weighted by molar-refractivity contribution is 0.302. The van der Waals surface area contributed by atoms with Gasteiger partial charge in [-0.05, 0) is 47.5 Å². The largest absolute Gasteiger partial charge is 0.489 e. The number of rotatable bonds is 7. The Hall–Kier alpha value is -2.07. The molecule has 0 heterocycles. The van der Waals surface area contributed by atoms with Crippen molar-refractivity contribution in [3.05, 3.63) is 99.3 Å². The Balaban J connectivity index is 1.63. The van der Waals surface area contributed by atoms with E-state index >= 15 is 0 Å². The van der Waals surface area contributed by atoms with Gasteiger partial charge in [-0.25, -0.2) is 4.39 Å². The Morgan fingerprint density at radius 3 is 2.35 bits per heavy atom. The van der Waals surface area contributed by atoms with Crippen LogP contribution in [0.3, 0.4) is 0 Å². The summed E-state index contributed by atoms with van der Waals surface area (Å²) in [4.78, 5) is 0. The van der Waals surface area contributed by atoms with Crippen LogP contribution in [0, 0.1) is 5.82 Å². The van der Waals surface area contributed by atoms with Crippen molar-refractivity contribution in [2.75, 3.05) is 0 Å². The summed E-state index contributed by atoms with van der Waals surface area (Å²) in [5.74, 6) is 0.482. The zero-order valence-electron chi connectivity index (χ0n) is 14.0. The van der Waals surface area contributed by atoms with Gasteiger partial charge in [-0.1, -0.05) is 53.5 Å². The Kier molecular flexibility index (Phi) is 6.51. The molecule has 2 nitrogen and oxygen atoms in total. The molecule has 3 aromatic rings. The zero-order chi connectivity index (χ0) is 18.4. The minimum atomic E-state index is -0.260. The smallest absolute Gasteiger partial charge is 0.124 e. The van der Waals surface area contributed by atoms with E-state index in [1.807, 2.05) is 36.4 Å². The molecule has 0 aliphatic heterocycles. The monoisotopic (exact) mass is 389 g/mol. The van der Waals surface area contributed by atoms with Gasteiger partial charge in [-0.3, -0.25) is 0 Å². The number of halogens is 3. The first-order valence-electron chi connectivity index (χ1n) is 8.21. The third kappa shape index (κ3) is 5.21. The molecule has 0 amide bonds. The molecule has 0 aromatic heterocycles. The summed E-state index contributed by atoms with van der Waals surface area (Å²) in [7, 11) is 0. The van der Waals surface area contributed by atoms with E-state index < -0.39 is 0 Å². The average molecular weight is 390 g/mol. The van der Waals surface area contributed by atoms with Gasteiger partial charge < -0.3 is 10.1 Å². The van der Waals surface area contributed by atoms with Crippen LogP contribution in [-0.2, 0) is 19.7 Å². The summed E-state index contributed by atoms with van der Waals surface area (Å²) >= 11 is 12.3. The maximum absolute atomic E-state index is 13.0. The van der Waals surface area contributed by atoms with Crippen LogP contribution < -0.4 is 10.1 Å². The van der Waals surface area contributed by atoms with Gasteiger partial charge in [0.1, 0.15) is 18.2 Å². The highest BCUT2D eigenvalue weighted by molar-refractivity contribution is 6.31. The molecule has 0 spiro atoms. The lowest BCUT2D eigenvalue weighted by atomic mass is 10.1. The zero-order valence-corrected chi connectivity index (χ0v) is 15.5.